The average molecular weight is 337 g/mol. The molecule has 0 radical (unpaired) electrons. The number of rotatable bonds is 2. The molecule has 0 unspecified atom stereocenters. The summed E-state index contributed by atoms with van der Waals surface area (Å²) in [4.78, 5) is 1.10. The Balaban J connectivity index is 2.42. The van der Waals surface area contributed by atoms with Crippen molar-refractivity contribution in [2.75, 3.05) is 5.75 Å². The zero-order valence-electron chi connectivity index (χ0n) is 9.18. The SMILES string of the molecule is C[C@H]1CSc2ccc(Br)cc2[C@@H]1NS(N)(=O)=O. The second-order valence-electron chi connectivity index (χ2n) is 4.11. The molecule has 0 aromatic heterocycles. The number of hydrogen-bond acceptors (Lipinski definition) is 3. The number of benzene rings is 1. The van der Waals surface area contributed by atoms with E-state index in [1.54, 1.807) is 11.8 Å². The maximum absolute atomic E-state index is 11.2. The third-order valence-electron chi connectivity index (χ3n) is 2.67. The number of thioether (sulfide) groups is 1. The Morgan fingerprint density at radius 1 is 1.53 bits per heavy atom. The lowest BCUT2D eigenvalue weighted by atomic mass is 9.96. The summed E-state index contributed by atoms with van der Waals surface area (Å²) >= 11 is 5.14. The lowest BCUT2D eigenvalue weighted by Gasteiger charge is -2.30. The van der Waals surface area contributed by atoms with Gasteiger partial charge in [0, 0.05) is 15.1 Å². The van der Waals surface area contributed by atoms with Gasteiger partial charge in [0.1, 0.15) is 0 Å². The monoisotopic (exact) mass is 336 g/mol. The molecule has 1 aromatic rings. The third kappa shape index (κ3) is 3.23. The number of nitrogens with two attached hydrogens (primary N) is 1. The number of nitrogens with one attached hydrogen (secondary N) is 1. The molecule has 0 fully saturated rings. The summed E-state index contributed by atoms with van der Waals surface area (Å²) in [5, 5.41) is 5.07. The maximum Gasteiger partial charge on any atom is 0.274 e. The van der Waals surface area contributed by atoms with Gasteiger partial charge in [0.05, 0.1) is 6.04 Å². The molecule has 3 N–H and O–H groups in total. The van der Waals surface area contributed by atoms with Crippen molar-refractivity contribution >= 4 is 37.9 Å². The Labute approximate surface area is 114 Å². The highest BCUT2D eigenvalue weighted by Crippen LogP contribution is 2.40. The van der Waals surface area contributed by atoms with Crippen LogP contribution in [-0.4, -0.2) is 14.2 Å². The Morgan fingerprint density at radius 2 is 2.24 bits per heavy atom. The third-order valence-corrected chi connectivity index (χ3v) is 5.12. The van der Waals surface area contributed by atoms with Crippen molar-refractivity contribution in [1.82, 2.24) is 4.72 Å². The lowest BCUT2D eigenvalue weighted by Crippen LogP contribution is -2.39. The largest absolute Gasteiger partial charge is 0.274 e. The van der Waals surface area contributed by atoms with Gasteiger partial charge in [-0.05, 0) is 29.7 Å². The first-order chi connectivity index (χ1) is 7.87. The summed E-state index contributed by atoms with van der Waals surface area (Å²) in [6, 6.07) is 5.64. The van der Waals surface area contributed by atoms with Crippen molar-refractivity contribution in [2.24, 2.45) is 11.1 Å². The summed E-state index contributed by atoms with van der Waals surface area (Å²) < 4.78 is 25.8. The zero-order chi connectivity index (χ0) is 12.6. The minimum Gasteiger partial charge on any atom is -0.216 e. The van der Waals surface area contributed by atoms with E-state index in [1.807, 2.05) is 25.1 Å². The van der Waals surface area contributed by atoms with E-state index in [-0.39, 0.29) is 12.0 Å². The van der Waals surface area contributed by atoms with E-state index in [2.05, 4.69) is 20.7 Å². The molecule has 1 aliphatic rings. The summed E-state index contributed by atoms with van der Waals surface area (Å²) in [6.45, 7) is 2.01. The molecule has 4 nitrogen and oxygen atoms in total. The van der Waals surface area contributed by atoms with Crippen molar-refractivity contribution in [1.29, 1.82) is 0 Å². The summed E-state index contributed by atoms with van der Waals surface area (Å²) in [7, 11) is -3.69. The molecule has 1 heterocycles. The smallest absolute Gasteiger partial charge is 0.216 e. The van der Waals surface area contributed by atoms with Crippen molar-refractivity contribution in [3.8, 4) is 0 Å². The van der Waals surface area contributed by atoms with Crippen LogP contribution in [-0.2, 0) is 10.2 Å². The van der Waals surface area contributed by atoms with E-state index in [9.17, 15) is 8.42 Å². The van der Waals surface area contributed by atoms with E-state index < -0.39 is 10.2 Å². The van der Waals surface area contributed by atoms with Crippen molar-refractivity contribution in [3.05, 3.63) is 28.2 Å². The minimum atomic E-state index is -3.69. The van der Waals surface area contributed by atoms with Gasteiger partial charge in [0.25, 0.3) is 10.2 Å². The average Bonchev–Trinajstić information content (AvgIpc) is 2.21. The molecular formula is C10H13BrN2O2S2. The summed E-state index contributed by atoms with van der Waals surface area (Å²) in [5.41, 5.74) is 0.983. The van der Waals surface area contributed by atoms with Crippen molar-refractivity contribution in [3.63, 3.8) is 0 Å². The van der Waals surface area contributed by atoms with Gasteiger partial charge in [-0.15, -0.1) is 11.8 Å². The highest BCUT2D eigenvalue weighted by molar-refractivity contribution is 9.10. The van der Waals surface area contributed by atoms with E-state index in [1.165, 1.54) is 0 Å². The molecular weight excluding hydrogens is 324 g/mol. The first-order valence-electron chi connectivity index (χ1n) is 5.09. The molecule has 94 valence electrons. The molecule has 17 heavy (non-hydrogen) atoms. The van der Waals surface area contributed by atoms with E-state index in [0.717, 1.165) is 20.7 Å². The second-order valence-corrected chi connectivity index (χ2v) is 7.41. The van der Waals surface area contributed by atoms with Crippen LogP contribution in [0, 0.1) is 5.92 Å². The lowest BCUT2D eigenvalue weighted by molar-refractivity contribution is 0.458. The fourth-order valence-corrected chi connectivity index (χ4v) is 4.12. The van der Waals surface area contributed by atoms with Crippen LogP contribution in [0.3, 0.4) is 0 Å². The van der Waals surface area contributed by atoms with Gasteiger partial charge in [0.15, 0.2) is 0 Å². The molecule has 1 aromatic carbocycles. The fourth-order valence-electron chi connectivity index (χ4n) is 1.87. The van der Waals surface area contributed by atoms with Crippen LogP contribution in [0.15, 0.2) is 27.6 Å². The Hall–Kier alpha value is -0.0800. The van der Waals surface area contributed by atoms with E-state index >= 15 is 0 Å². The molecule has 2 atom stereocenters. The molecule has 0 aliphatic carbocycles. The highest BCUT2D eigenvalue weighted by Gasteiger charge is 2.29. The molecule has 2 rings (SSSR count). The van der Waals surface area contributed by atoms with Crippen LogP contribution in [0.25, 0.3) is 0 Å². The summed E-state index contributed by atoms with van der Waals surface area (Å²) in [6.07, 6.45) is 0. The van der Waals surface area contributed by atoms with Gasteiger partial charge in [-0.2, -0.15) is 13.1 Å². The highest BCUT2D eigenvalue weighted by atomic mass is 79.9. The van der Waals surface area contributed by atoms with Gasteiger partial charge in [-0.1, -0.05) is 22.9 Å². The number of fused-ring (bicyclic) bond motifs is 1. The standard InChI is InChI=1S/C10H13BrN2O2S2/c1-6-5-16-9-3-2-7(11)4-8(9)10(6)13-17(12,14)15/h2-4,6,10,13H,5H2,1H3,(H2,12,14,15)/t6-,10+/m0/s1. The van der Waals surface area contributed by atoms with Crippen molar-refractivity contribution < 1.29 is 8.42 Å². The second kappa shape index (κ2) is 4.89. The minimum absolute atomic E-state index is 0.208. The van der Waals surface area contributed by atoms with Crippen LogP contribution in [0.5, 0.6) is 0 Å². The quantitative estimate of drug-likeness (QED) is 0.867. The van der Waals surface area contributed by atoms with Crippen LogP contribution in [0.4, 0.5) is 0 Å². The molecule has 0 spiro atoms. The Kier molecular flexibility index (Phi) is 3.84. The van der Waals surface area contributed by atoms with Crippen LogP contribution < -0.4 is 9.86 Å². The number of hydrogen-bond donors (Lipinski definition) is 2. The molecule has 7 heteroatoms. The molecule has 0 bridgehead atoms. The zero-order valence-corrected chi connectivity index (χ0v) is 12.4. The summed E-state index contributed by atoms with van der Waals surface area (Å²) in [5.74, 6) is 1.09. The topological polar surface area (TPSA) is 72.2 Å². The molecule has 0 saturated carbocycles. The van der Waals surface area contributed by atoms with Crippen LogP contribution in [0.1, 0.15) is 18.5 Å². The van der Waals surface area contributed by atoms with Gasteiger partial charge in [-0.3, -0.25) is 0 Å². The first-order valence-corrected chi connectivity index (χ1v) is 8.41. The Morgan fingerprint density at radius 3 is 2.88 bits per heavy atom. The normalized spacial score (nSPS) is 24.4. The van der Waals surface area contributed by atoms with Gasteiger partial charge in [-0.25, -0.2) is 5.14 Å². The first kappa shape index (κ1) is 13.4. The van der Waals surface area contributed by atoms with Crippen LogP contribution >= 0.6 is 27.7 Å². The predicted molar refractivity (Wildman–Crippen MR) is 73.0 cm³/mol. The van der Waals surface area contributed by atoms with Crippen molar-refractivity contribution in [2.45, 2.75) is 17.9 Å². The maximum atomic E-state index is 11.2. The fraction of sp³-hybridized carbons (Fsp3) is 0.400. The van der Waals surface area contributed by atoms with Crippen LogP contribution in [0.2, 0.25) is 0 Å². The molecule has 1 aliphatic heterocycles. The predicted octanol–water partition coefficient (Wildman–Crippen LogP) is 2.03. The van der Waals surface area contributed by atoms with E-state index in [4.69, 9.17) is 5.14 Å². The molecule has 0 saturated heterocycles. The van der Waals surface area contributed by atoms with Gasteiger partial charge < -0.3 is 0 Å². The molecule has 0 amide bonds. The number of halogens is 1. The van der Waals surface area contributed by atoms with Gasteiger partial charge in [0.2, 0.25) is 0 Å². The van der Waals surface area contributed by atoms with Gasteiger partial charge >= 0.3 is 0 Å². The van der Waals surface area contributed by atoms with E-state index in [0.29, 0.717) is 0 Å². The Bertz CT molecular complexity index is 533.